The third-order valence-corrected chi connectivity index (χ3v) is 4.04. The highest BCUT2D eigenvalue weighted by molar-refractivity contribution is 9.10. The summed E-state index contributed by atoms with van der Waals surface area (Å²) in [6, 6.07) is 5.91. The Morgan fingerprint density at radius 3 is 2.45 bits per heavy atom. The van der Waals surface area contributed by atoms with E-state index >= 15 is 0 Å². The monoisotopic (exact) mass is 386 g/mol. The number of halogens is 2. The predicted molar refractivity (Wildman–Crippen MR) is 86.6 cm³/mol. The van der Waals surface area contributed by atoms with Gasteiger partial charge in [-0.25, -0.2) is 4.98 Å². The largest absolute Gasteiger partial charge is 0.495 e. The van der Waals surface area contributed by atoms with E-state index < -0.39 is 0 Å². The van der Waals surface area contributed by atoms with Crippen molar-refractivity contribution in [3.05, 3.63) is 39.3 Å². The average Bonchev–Trinajstić information content (AvgIpc) is 2.84. The van der Waals surface area contributed by atoms with E-state index in [1.165, 1.54) is 0 Å². The summed E-state index contributed by atoms with van der Waals surface area (Å²) in [4.78, 5) is 20.8. The molecule has 0 spiro atoms. The second-order valence-electron chi connectivity index (χ2n) is 4.21. The highest BCUT2D eigenvalue weighted by atomic mass is 79.9. The van der Waals surface area contributed by atoms with Gasteiger partial charge in [0.1, 0.15) is 16.7 Å². The fourth-order valence-electron chi connectivity index (χ4n) is 2.01. The molecule has 0 aliphatic rings. The second kappa shape index (κ2) is 8.73. The van der Waals surface area contributed by atoms with Crippen molar-refractivity contribution in [2.24, 2.45) is 0 Å². The lowest BCUT2D eigenvalue weighted by molar-refractivity contribution is -0.191. The zero-order valence-corrected chi connectivity index (χ0v) is 14.9. The lowest BCUT2D eigenvalue weighted by Gasteiger charge is -2.11. The van der Waals surface area contributed by atoms with Crippen LogP contribution < -0.4 is 4.74 Å². The Morgan fingerprint density at radius 2 is 1.95 bits per heavy atom. The molecule has 5 nitrogen and oxygen atoms in total. The van der Waals surface area contributed by atoms with Gasteiger partial charge in [0.15, 0.2) is 0 Å². The number of carbonyl (C=O) groups excluding carboxylic acids is 2. The fraction of sp³-hybridized carbons (Fsp3) is 0.333. The number of benzene rings is 1. The third kappa shape index (κ3) is 3.97. The summed E-state index contributed by atoms with van der Waals surface area (Å²) in [5.41, 5.74) is 1.90. The van der Waals surface area contributed by atoms with Gasteiger partial charge >= 0.3 is 6.15 Å². The fourth-order valence-corrected chi connectivity index (χ4v) is 2.79. The Kier molecular flexibility index (Phi) is 7.32. The molecular weight excluding hydrogens is 372 g/mol. The van der Waals surface area contributed by atoms with Gasteiger partial charge in [-0.2, -0.15) is 9.59 Å². The first-order valence-corrected chi connectivity index (χ1v) is 7.80. The molecule has 22 heavy (non-hydrogen) atoms. The first-order valence-electron chi connectivity index (χ1n) is 6.63. The van der Waals surface area contributed by atoms with Gasteiger partial charge in [-0.3, -0.25) is 4.57 Å². The molecule has 1 aromatic heterocycles. The molecule has 0 radical (unpaired) electrons. The van der Waals surface area contributed by atoms with E-state index in [4.69, 9.17) is 25.9 Å². The highest BCUT2D eigenvalue weighted by Crippen LogP contribution is 2.30. The number of nitrogens with zero attached hydrogens (tertiary/aromatic N) is 2. The number of imidazole rings is 1. The maximum atomic E-state index is 8.12. The number of rotatable bonds is 4. The van der Waals surface area contributed by atoms with E-state index in [0.29, 0.717) is 5.15 Å². The summed E-state index contributed by atoms with van der Waals surface area (Å²) in [7, 11) is 1.65. The molecule has 0 fully saturated rings. The smallest absolute Gasteiger partial charge is 0.373 e. The summed E-state index contributed by atoms with van der Waals surface area (Å²) in [5.74, 6) is 1.74. The summed E-state index contributed by atoms with van der Waals surface area (Å²) in [6.45, 7) is 4.13. The Hall–Kier alpha value is -1.62. The van der Waals surface area contributed by atoms with Crippen LogP contribution >= 0.6 is 27.5 Å². The van der Waals surface area contributed by atoms with Crippen molar-refractivity contribution in [1.29, 1.82) is 0 Å². The molecule has 0 saturated heterocycles. The van der Waals surface area contributed by atoms with Gasteiger partial charge in [-0.15, -0.1) is 0 Å². The normalized spacial score (nSPS) is 9.68. The van der Waals surface area contributed by atoms with Crippen LogP contribution in [0.4, 0.5) is 0 Å². The number of aryl methyl sites for hydroxylation is 2. The standard InChI is InChI=1S/C14H16BrClN2O.CO2/c1-4-11-14(16)18(13(5-2)17-11)9-6-7-10(15)12(8-9)19-3;2-1-3/h6-8H,4-5H2,1-3H3;. The molecule has 1 aromatic carbocycles. The van der Waals surface area contributed by atoms with E-state index in [-0.39, 0.29) is 6.15 Å². The lowest BCUT2D eigenvalue weighted by atomic mass is 10.3. The maximum absolute atomic E-state index is 8.12. The van der Waals surface area contributed by atoms with Crippen LogP contribution in [0.1, 0.15) is 25.4 Å². The van der Waals surface area contributed by atoms with E-state index in [2.05, 4.69) is 34.8 Å². The number of hydrogen-bond donors (Lipinski definition) is 0. The Bertz CT molecular complexity index is 680. The third-order valence-electron chi connectivity index (χ3n) is 3.00. The van der Waals surface area contributed by atoms with Gasteiger partial charge in [0.25, 0.3) is 0 Å². The van der Waals surface area contributed by atoms with E-state index in [9.17, 15) is 0 Å². The molecule has 7 heteroatoms. The molecule has 0 saturated carbocycles. The van der Waals surface area contributed by atoms with Crippen LogP contribution in [-0.2, 0) is 22.4 Å². The van der Waals surface area contributed by atoms with Crippen LogP contribution in [0.25, 0.3) is 5.69 Å². The molecule has 1 heterocycles. The summed E-state index contributed by atoms with van der Waals surface area (Å²) < 4.78 is 8.23. The van der Waals surface area contributed by atoms with Crippen molar-refractivity contribution in [2.75, 3.05) is 7.11 Å². The van der Waals surface area contributed by atoms with E-state index in [1.54, 1.807) is 7.11 Å². The zero-order valence-electron chi connectivity index (χ0n) is 12.5. The lowest BCUT2D eigenvalue weighted by Crippen LogP contribution is -2.01. The molecule has 0 amide bonds. The average molecular weight is 388 g/mol. The molecule has 2 rings (SSSR count). The molecule has 0 N–H and O–H groups in total. The minimum absolute atomic E-state index is 0.250. The topological polar surface area (TPSA) is 61.2 Å². The number of methoxy groups -OCH3 is 1. The molecule has 0 bridgehead atoms. The Morgan fingerprint density at radius 1 is 1.32 bits per heavy atom. The van der Waals surface area contributed by atoms with Crippen LogP contribution in [0.5, 0.6) is 5.75 Å². The second-order valence-corrected chi connectivity index (χ2v) is 5.42. The summed E-state index contributed by atoms with van der Waals surface area (Å²) in [6.07, 6.45) is 1.91. The number of hydrogen-bond acceptors (Lipinski definition) is 4. The summed E-state index contributed by atoms with van der Waals surface area (Å²) in [5, 5.41) is 0.684. The van der Waals surface area contributed by atoms with Gasteiger partial charge in [0.05, 0.1) is 23.0 Å². The molecule has 0 unspecified atom stereocenters. The molecule has 0 aliphatic heterocycles. The minimum atomic E-state index is 0.250. The minimum Gasteiger partial charge on any atom is -0.495 e. The van der Waals surface area contributed by atoms with Crippen LogP contribution in [0.15, 0.2) is 22.7 Å². The van der Waals surface area contributed by atoms with Gasteiger partial charge in [0, 0.05) is 12.5 Å². The van der Waals surface area contributed by atoms with Crippen molar-refractivity contribution >= 4 is 33.7 Å². The van der Waals surface area contributed by atoms with Crippen molar-refractivity contribution in [2.45, 2.75) is 26.7 Å². The summed E-state index contributed by atoms with van der Waals surface area (Å²) >= 11 is 9.88. The van der Waals surface area contributed by atoms with Gasteiger partial charge in [-0.05, 0) is 34.5 Å². The quantitative estimate of drug-likeness (QED) is 0.800. The number of ether oxygens (including phenoxy) is 1. The molecule has 2 aromatic rings. The van der Waals surface area contributed by atoms with E-state index in [1.807, 2.05) is 22.8 Å². The molecular formula is C15H16BrClN2O3. The Labute approximate surface area is 142 Å². The van der Waals surface area contributed by atoms with Crippen molar-refractivity contribution in [3.63, 3.8) is 0 Å². The molecule has 0 atom stereocenters. The van der Waals surface area contributed by atoms with Gasteiger partial charge in [-0.1, -0.05) is 25.4 Å². The van der Waals surface area contributed by atoms with Gasteiger partial charge < -0.3 is 4.74 Å². The first-order chi connectivity index (χ1) is 10.5. The van der Waals surface area contributed by atoms with Gasteiger partial charge in [0.2, 0.25) is 0 Å². The SMILES string of the molecule is CCc1nc(CC)n(-c2ccc(Br)c(OC)c2)c1Cl.O=C=O. The molecule has 118 valence electrons. The number of aromatic nitrogens is 2. The molecule has 0 aliphatic carbocycles. The zero-order chi connectivity index (χ0) is 16.7. The van der Waals surface area contributed by atoms with Crippen molar-refractivity contribution in [3.8, 4) is 11.4 Å². The van der Waals surface area contributed by atoms with Crippen LogP contribution in [0.2, 0.25) is 5.15 Å². The van der Waals surface area contributed by atoms with Crippen LogP contribution in [0.3, 0.4) is 0 Å². The van der Waals surface area contributed by atoms with Crippen molar-refractivity contribution < 1.29 is 14.3 Å². The van der Waals surface area contributed by atoms with Crippen molar-refractivity contribution in [1.82, 2.24) is 9.55 Å². The Balaban J connectivity index is 0.000000745. The van der Waals surface area contributed by atoms with Crippen LogP contribution in [0, 0.1) is 0 Å². The highest BCUT2D eigenvalue weighted by Gasteiger charge is 2.15. The maximum Gasteiger partial charge on any atom is 0.373 e. The van der Waals surface area contributed by atoms with E-state index in [0.717, 1.165) is 40.3 Å². The van der Waals surface area contributed by atoms with Crippen LogP contribution in [-0.4, -0.2) is 22.8 Å². The first kappa shape index (κ1) is 18.4. The predicted octanol–water partition coefficient (Wildman–Crippen LogP) is 3.84.